The molecule has 0 atom stereocenters. The molecule has 2 rings (SSSR count). The van der Waals surface area contributed by atoms with Gasteiger partial charge >= 0.3 is 6.09 Å². The molecule has 0 aromatic heterocycles. The van der Waals surface area contributed by atoms with Crippen LogP contribution in [0.4, 0.5) is 4.79 Å². The minimum Gasteiger partial charge on any atom is -0.444 e. The van der Waals surface area contributed by atoms with Crippen molar-refractivity contribution in [3.8, 4) is 0 Å². The summed E-state index contributed by atoms with van der Waals surface area (Å²) in [6.07, 6.45) is 0.334. The van der Waals surface area contributed by atoms with Crippen molar-refractivity contribution in [2.24, 2.45) is 0 Å². The molecule has 0 aliphatic carbocycles. The number of rotatable bonds is 1. The van der Waals surface area contributed by atoms with Crippen LogP contribution in [0.15, 0.2) is 18.2 Å². The monoisotopic (exact) mass is 372 g/mol. The van der Waals surface area contributed by atoms with Gasteiger partial charge in [-0.05, 0) is 45.4 Å². The van der Waals surface area contributed by atoms with E-state index in [1.54, 1.807) is 28.0 Å². The molecule has 0 unspecified atom stereocenters. The molecule has 1 aliphatic rings. The van der Waals surface area contributed by atoms with Crippen LogP contribution in [0.5, 0.6) is 0 Å². The molecule has 132 valence electrons. The summed E-state index contributed by atoms with van der Waals surface area (Å²) in [4.78, 5) is 28.2. The smallest absolute Gasteiger partial charge is 0.410 e. The number of nitrogens with zero attached hydrogens (tertiary/aromatic N) is 2. The van der Waals surface area contributed by atoms with Crippen LogP contribution in [-0.2, 0) is 4.74 Å². The van der Waals surface area contributed by atoms with Gasteiger partial charge in [0, 0.05) is 31.2 Å². The highest BCUT2D eigenvalue weighted by Gasteiger charge is 2.27. The van der Waals surface area contributed by atoms with Crippen LogP contribution in [0.25, 0.3) is 0 Å². The lowest BCUT2D eigenvalue weighted by atomic mass is 10.2. The lowest BCUT2D eigenvalue weighted by Crippen LogP contribution is -2.40. The predicted octanol–water partition coefficient (Wildman–Crippen LogP) is 4.08. The Bertz CT molecular complexity index is 629. The normalized spacial score (nSPS) is 15.9. The van der Waals surface area contributed by atoms with E-state index in [-0.39, 0.29) is 12.0 Å². The SMILES string of the molecule is CC(C)(C)OC(=O)N1CCCN(C(=O)c2cc(Cl)ccc2Cl)CC1. The van der Waals surface area contributed by atoms with Gasteiger partial charge in [-0.2, -0.15) is 0 Å². The Kier molecular flexibility index (Phi) is 5.99. The van der Waals surface area contributed by atoms with E-state index in [2.05, 4.69) is 0 Å². The number of hydrogen-bond acceptors (Lipinski definition) is 3. The predicted molar refractivity (Wildman–Crippen MR) is 94.8 cm³/mol. The summed E-state index contributed by atoms with van der Waals surface area (Å²) in [6.45, 7) is 7.47. The van der Waals surface area contributed by atoms with Crippen LogP contribution in [-0.4, -0.2) is 53.6 Å². The molecule has 1 saturated heterocycles. The van der Waals surface area contributed by atoms with Gasteiger partial charge < -0.3 is 14.5 Å². The molecule has 0 N–H and O–H groups in total. The van der Waals surface area contributed by atoms with E-state index in [9.17, 15) is 9.59 Å². The number of benzene rings is 1. The van der Waals surface area contributed by atoms with Crippen molar-refractivity contribution in [2.45, 2.75) is 32.8 Å². The summed E-state index contributed by atoms with van der Waals surface area (Å²) in [5.41, 5.74) is -0.150. The average Bonchev–Trinajstić information content (AvgIpc) is 2.73. The Balaban J connectivity index is 2.04. The van der Waals surface area contributed by atoms with Gasteiger partial charge in [-0.15, -0.1) is 0 Å². The maximum Gasteiger partial charge on any atom is 0.410 e. The van der Waals surface area contributed by atoms with Crippen LogP contribution in [0.3, 0.4) is 0 Å². The molecule has 0 saturated carbocycles. The van der Waals surface area contributed by atoms with Crippen LogP contribution in [0, 0.1) is 0 Å². The Morgan fingerprint density at radius 1 is 1.04 bits per heavy atom. The summed E-state index contributed by atoms with van der Waals surface area (Å²) < 4.78 is 5.39. The lowest BCUT2D eigenvalue weighted by molar-refractivity contribution is 0.0255. The number of amides is 2. The maximum absolute atomic E-state index is 12.7. The molecule has 5 nitrogen and oxygen atoms in total. The molecule has 1 fully saturated rings. The van der Waals surface area contributed by atoms with E-state index in [0.717, 1.165) is 0 Å². The molecule has 2 amide bonds. The summed E-state index contributed by atoms with van der Waals surface area (Å²) in [5.74, 6) is -0.173. The first-order valence-electron chi connectivity index (χ1n) is 7.89. The largest absolute Gasteiger partial charge is 0.444 e. The zero-order chi connectivity index (χ0) is 17.9. The van der Waals surface area contributed by atoms with Crippen molar-refractivity contribution in [2.75, 3.05) is 26.2 Å². The molecule has 1 aliphatic heterocycles. The Morgan fingerprint density at radius 3 is 2.33 bits per heavy atom. The molecule has 1 heterocycles. The van der Waals surface area contributed by atoms with Crippen molar-refractivity contribution in [3.05, 3.63) is 33.8 Å². The number of carbonyl (C=O) groups is 2. The number of hydrogen-bond donors (Lipinski definition) is 0. The highest BCUT2D eigenvalue weighted by molar-refractivity contribution is 6.35. The van der Waals surface area contributed by atoms with E-state index in [0.29, 0.717) is 48.2 Å². The van der Waals surface area contributed by atoms with Crippen molar-refractivity contribution >= 4 is 35.2 Å². The van der Waals surface area contributed by atoms with Crippen molar-refractivity contribution in [1.29, 1.82) is 0 Å². The fourth-order valence-electron chi connectivity index (χ4n) is 2.46. The van der Waals surface area contributed by atoms with Gasteiger partial charge in [-0.25, -0.2) is 4.79 Å². The van der Waals surface area contributed by atoms with Gasteiger partial charge in [-0.3, -0.25) is 4.79 Å². The fourth-order valence-corrected chi connectivity index (χ4v) is 2.83. The molecule has 1 aromatic rings. The standard InChI is InChI=1S/C17H22Cl2N2O3/c1-17(2,3)24-16(23)21-8-4-7-20(9-10-21)15(22)13-11-12(18)5-6-14(13)19/h5-6,11H,4,7-10H2,1-3H3. The summed E-state index contributed by atoms with van der Waals surface area (Å²) in [7, 11) is 0. The molecule has 0 spiro atoms. The van der Waals surface area contributed by atoms with Crippen LogP contribution in [0.2, 0.25) is 10.0 Å². The van der Waals surface area contributed by atoms with E-state index >= 15 is 0 Å². The van der Waals surface area contributed by atoms with E-state index in [1.807, 2.05) is 20.8 Å². The molecule has 0 bridgehead atoms. The number of ether oxygens (including phenoxy) is 1. The van der Waals surface area contributed by atoms with Crippen LogP contribution >= 0.6 is 23.2 Å². The third-order valence-electron chi connectivity index (χ3n) is 3.59. The summed E-state index contributed by atoms with van der Waals surface area (Å²) in [6, 6.07) is 4.83. The van der Waals surface area contributed by atoms with E-state index in [4.69, 9.17) is 27.9 Å². The second-order valence-corrected chi connectivity index (χ2v) is 7.58. The second kappa shape index (κ2) is 7.62. The Hall–Kier alpha value is -1.46. The van der Waals surface area contributed by atoms with Crippen LogP contribution < -0.4 is 0 Å². The van der Waals surface area contributed by atoms with E-state index < -0.39 is 5.60 Å². The molecule has 0 radical (unpaired) electrons. The van der Waals surface area contributed by atoms with Crippen molar-refractivity contribution < 1.29 is 14.3 Å². The van der Waals surface area contributed by atoms with Gasteiger partial charge in [0.15, 0.2) is 0 Å². The third-order valence-corrected chi connectivity index (χ3v) is 4.16. The highest BCUT2D eigenvalue weighted by atomic mass is 35.5. The zero-order valence-corrected chi connectivity index (χ0v) is 15.7. The van der Waals surface area contributed by atoms with Gasteiger partial charge in [0.05, 0.1) is 10.6 Å². The van der Waals surface area contributed by atoms with Gasteiger partial charge in [0.1, 0.15) is 5.60 Å². The first-order valence-corrected chi connectivity index (χ1v) is 8.65. The highest BCUT2D eigenvalue weighted by Crippen LogP contribution is 2.23. The van der Waals surface area contributed by atoms with Gasteiger partial charge in [0.25, 0.3) is 5.91 Å². The quantitative estimate of drug-likeness (QED) is 0.746. The first kappa shape index (κ1) is 18.9. The van der Waals surface area contributed by atoms with Crippen LogP contribution in [0.1, 0.15) is 37.6 Å². The summed E-state index contributed by atoms with van der Waals surface area (Å²) in [5, 5.41) is 0.839. The fraction of sp³-hybridized carbons (Fsp3) is 0.529. The minimum absolute atomic E-state index is 0.173. The first-order chi connectivity index (χ1) is 11.2. The molecule has 1 aromatic carbocycles. The Morgan fingerprint density at radius 2 is 1.67 bits per heavy atom. The minimum atomic E-state index is -0.535. The lowest BCUT2D eigenvalue weighted by Gasteiger charge is -2.26. The van der Waals surface area contributed by atoms with E-state index in [1.165, 1.54) is 0 Å². The molecule has 24 heavy (non-hydrogen) atoms. The average molecular weight is 373 g/mol. The number of halogens is 2. The number of carbonyl (C=O) groups excluding carboxylic acids is 2. The van der Waals surface area contributed by atoms with Gasteiger partial charge in [0.2, 0.25) is 0 Å². The topological polar surface area (TPSA) is 49.9 Å². The zero-order valence-electron chi connectivity index (χ0n) is 14.1. The Labute approximate surface area is 152 Å². The summed E-state index contributed by atoms with van der Waals surface area (Å²) >= 11 is 12.1. The molecular formula is C17H22Cl2N2O3. The molecule has 7 heteroatoms. The third kappa shape index (κ3) is 5.02. The van der Waals surface area contributed by atoms with Crippen molar-refractivity contribution in [1.82, 2.24) is 9.80 Å². The van der Waals surface area contributed by atoms with Gasteiger partial charge in [-0.1, -0.05) is 23.2 Å². The maximum atomic E-state index is 12.7. The second-order valence-electron chi connectivity index (χ2n) is 6.74. The van der Waals surface area contributed by atoms with Crippen molar-refractivity contribution in [3.63, 3.8) is 0 Å². The molecular weight excluding hydrogens is 351 g/mol.